The molecule has 1 aliphatic rings. The summed E-state index contributed by atoms with van der Waals surface area (Å²) < 4.78 is 0. The van der Waals surface area contributed by atoms with Gasteiger partial charge < -0.3 is 4.90 Å². The van der Waals surface area contributed by atoms with Crippen molar-refractivity contribution in [2.45, 2.75) is 17.4 Å². The van der Waals surface area contributed by atoms with Crippen LogP contribution >= 0.6 is 24.4 Å². The van der Waals surface area contributed by atoms with Crippen molar-refractivity contribution in [3.63, 3.8) is 0 Å². The van der Waals surface area contributed by atoms with Gasteiger partial charge in [0.2, 0.25) is 0 Å². The first-order chi connectivity index (χ1) is 7.70. The molecule has 16 heavy (non-hydrogen) atoms. The van der Waals surface area contributed by atoms with E-state index >= 15 is 0 Å². The van der Waals surface area contributed by atoms with Crippen molar-refractivity contribution in [3.8, 4) is 0 Å². The van der Waals surface area contributed by atoms with E-state index in [0.29, 0.717) is 11.6 Å². The molecule has 2 nitrogen and oxygen atoms in total. The average Bonchev–Trinajstić information content (AvgIpc) is 2.81. The van der Waals surface area contributed by atoms with Crippen molar-refractivity contribution in [3.05, 3.63) is 29.8 Å². The molecule has 86 valence electrons. The van der Waals surface area contributed by atoms with Gasteiger partial charge in [-0.3, -0.25) is 4.79 Å². The number of carbonyl (C=O) groups is 1. The molecule has 1 atom stereocenters. The van der Waals surface area contributed by atoms with E-state index in [9.17, 15) is 4.79 Å². The molecule has 1 fully saturated rings. The Morgan fingerprint density at radius 1 is 1.50 bits per heavy atom. The zero-order valence-corrected chi connectivity index (χ0v) is 10.9. The van der Waals surface area contributed by atoms with E-state index < -0.39 is 0 Å². The minimum atomic E-state index is 0.0816. The van der Waals surface area contributed by atoms with E-state index in [0.717, 1.165) is 22.8 Å². The molecule has 0 spiro atoms. The van der Waals surface area contributed by atoms with E-state index in [-0.39, 0.29) is 5.91 Å². The number of hydrogen-bond acceptors (Lipinski definition) is 3. The smallest absolute Gasteiger partial charge is 0.254 e. The van der Waals surface area contributed by atoms with Crippen molar-refractivity contribution < 1.29 is 4.79 Å². The summed E-state index contributed by atoms with van der Waals surface area (Å²) in [5, 5.41) is 0. The normalized spacial score (nSPS) is 19.8. The highest BCUT2D eigenvalue weighted by Gasteiger charge is 2.25. The van der Waals surface area contributed by atoms with E-state index in [2.05, 4.69) is 12.6 Å². The van der Waals surface area contributed by atoms with Crippen LogP contribution in [0.4, 0.5) is 0 Å². The molecule has 0 saturated carbocycles. The van der Waals surface area contributed by atoms with E-state index in [1.54, 1.807) is 0 Å². The van der Waals surface area contributed by atoms with Crippen LogP contribution in [0.5, 0.6) is 0 Å². The molecule has 1 aromatic rings. The van der Waals surface area contributed by atoms with Gasteiger partial charge in [-0.2, -0.15) is 11.8 Å². The molecule has 4 heteroatoms. The van der Waals surface area contributed by atoms with Crippen LogP contribution in [0.25, 0.3) is 0 Å². The van der Waals surface area contributed by atoms with Gasteiger partial charge in [0.15, 0.2) is 0 Å². The summed E-state index contributed by atoms with van der Waals surface area (Å²) in [6.07, 6.45) is 1.10. The van der Waals surface area contributed by atoms with Gasteiger partial charge in [0.1, 0.15) is 0 Å². The summed E-state index contributed by atoms with van der Waals surface area (Å²) in [6.45, 7) is 0. The SMILES string of the molecule is CN(C(=O)c1ccccc1S)C1CCSC1. The Morgan fingerprint density at radius 3 is 2.88 bits per heavy atom. The van der Waals surface area contributed by atoms with Gasteiger partial charge in [0.25, 0.3) is 5.91 Å². The Balaban J connectivity index is 2.15. The molecule has 0 aromatic heterocycles. The first kappa shape index (κ1) is 11.9. The fourth-order valence-electron chi connectivity index (χ4n) is 1.84. The Morgan fingerprint density at radius 2 is 2.25 bits per heavy atom. The maximum atomic E-state index is 12.2. The number of nitrogens with zero attached hydrogens (tertiary/aromatic N) is 1. The molecule has 0 N–H and O–H groups in total. The highest BCUT2D eigenvalue weighted by molar-refractivity contribution is 7.99. The number of hydrogen-bond donors (Lipinski definition) is 1. The van der Waals surface area contributed by atoms with Gasteiger partial charge in [-0.1, -0.05) is 12.1 Å². The molecule has 1 amide bonds. The third-order valence-corrected chi connectivity index (χ3v) is 4.44. The predicted octanol–water partition coefficient (Wildman–Crippen LogP) is 2.55. The van der Waals surface area contributed by atoms with E-state index in [1.165, 1.54) is 0 Å². The second kappa shape index (κ2) is 5.15. The lowest BCUT2D eigenvalue weighted by Crippen LogP contribution is -2.37. The van der Waals surface area contributed by atoms with Crippen LogP contribution in [-0.2, 0) is 0 Å². The van der Waals surface area contributed by atoms with Crippen LogP contribution in [0.1, 0.15) is 16.8 Å². The van der Waals surface area contributed by atoms with E-state index in [1.807, 2.05) is 48.0 Å². The first-order valence-electron chi connectivity index (χ1n) is 5.33. The van der Waals surface area contributed by atoms with Crippen molar-refractivity contribution in [2.24, 2.45) is 0 Å². The molecular weight excluding hydrogens is 238 g/mol. The average molecular weight is 253 g/mol. The van der Waals surface area contributed by atoms with Gasteiger partial charge in [-0.15, -0.1) is 12.6 Å². The molecule has 1 aliphatic heterocycles. The number of rotatable bonds is 2. The zero-order valence-electron chi connectivity index (χ0n) is 9.22. The predicted molar refractivity (Wildman–Crippen MR) is 71.5 cm³/mol. The largest absolute Gasteiger partial charge is 0.338 e. The van der Waals surface area contributed by atoms with Crippen molar-refractivity contribution in [1.82, 2.24) is 4.90 Å². The zero-order chi connectivity index (χ0) is 11.5. The maximum absolute atomic E-state index is 12.2. The second-order valence-electron chi connectivity index (χ2n) is 3.95. The Kier molecular flexibility index (Phi) is 3.82. The summed E-state index contributed by atoms with van der Waals surface area (Å²) >= 11 is 6.24. The fourth-order valence-corrected chi connectivity index (χ4v) is 3.36. The Hall–Kier alpha value is -0.610. The lowest BCUT2D eigenvalue weighted by Gasteiger charge is -2.24. The van der Waals surface area contributed by atoms with Crippen LogP contribution in [0, 0.1) is 0 Å². The van der Waals surface area contributed by atoms with Crippen LogP contribution in [0.3, 0.4) is 0 Å². The third kappa shape index (κ3) is 2.38. The standard InChI is InChI=1S/C12H15NOS2/c1-13(9-6-7-16-8-9)12(14)10-4-2-3-5-11(10)15/h2-5,9,15H,6-8H2,1H3. The van der Waals surface area contributed by atoms with Gasteiger partial charge in [-0.25, -0.2) is 0 Å². The molecule has 1 heterocycles. The minimum Gasteiger partial charge on any atom is -0.338 e. The van der Waals surface area contributed by atoms with Crippen LogP contribution in [-0.4, -0.2) is 35.4 Å². The van der Waals surface area contributed by atoms with Gasteiger partial charge in [-0.05, 0) is 24.3 Å². The summed E-state index contributed by atoms with van der Waals surface area (Å²) in [5.41, 5.74) is 0.699. The second-order valence-corrected chi connectivity index (χ2v) is 5.58. The Labute approximate surface area is 106 Å². The Bertz CT molecular complexity index is 388. The molecule has 0 aliphatic carbocycles. The van der Waals surface area contributed by atoms with Crippen molar-refractivity contribution in [2.75, 3.05) is 18.6 Å². The number of amides is 1. The molecule has 1 unspecified atom stereocenters. The molecule has 1 aromatic carbocycles. The number of benzene rings is 1. The highest BCUT2D eigenvalue weighted by atomic mass is 32.2. The van der Waals surface area contributed by atoms with E-state index in [4.69, 9.17) is 0 Å². The topological polar surface area (TPSA) is 20.3 Å². The van der Waals surface area contributed by atoms with Crippen LogP contribution < -0.4 is 0 Å². The number of carbonyl (C=O) groups excluding carboxylic acids is 1. The molecular formula is C12H15NOS2. The fraction of sp³-hybridized carbons (Fsp3) is 0.417. The maximum Gasteiger partial charge on any atom is 0.254 e. The van der Waals surface area contributed by atoms with Gasteiger partial charge in [0.05, 0.1) is 5.56 Å². The molecule has 1 saturated heterocycles. The number of thiol groups is 1. The highest BCUT2D eigenvalue weighted by Crippen LogP contribution is 2.24. The van der Waals surface area contributed by atoms with Crippen LogP contribution in [0.15, 0.2) is 29.2 Å². The van der Waals surface area contributed by atoms with Gasteiger partial charge >= 0.3 is 0 Å². The molecule has 0 radical (unpaired) electrons. The lowest BCUT2D eigenvalue weighted by molar-refractivity contribution is 0.0744. The summed E-state index contributed by atoms with van der Waals surface area (Å²) in [5.74, 6) is 2.29. The third-order valence-electron chi connectivity index (χ3n) is 2.91. The molecule has 2 rings (SSSR count). The summed E-state index contributed by atoms with van der Waals surface area (Å²) in [4.78, 5) is 14.8. The minimum absolute atomic E-state index is 0.0816. The van der Waals surface area contributed by atoms with Crippen molar-refractivity contribution in [1.29, 1.82) is 0 Å². The van der Waals surface area contributed by atoms with Gasteiger partial charge in [0, 0.05) is 23.7 Å². The first-order valence-corrected chi connectivity index (χ1v) is 6.93. The summed E-state index contributed by atoms with van der Waals surface area (Å²) in [7, 11) is 1.89. The number of thioether (sulfide) groups is 1. The summed E-state index contributed by atoms with van der Waals surface area (Å²) in [6, 6.07) is 7.84. The monoisotopic (exact) mass is 253 g/mol. The van der Waals surface area contributed by atoms with Crippen molar-refractivity contribution >= 4 is 30.3 Å². The quantitative estimate of drug-likeness (QED) is 0.818. The lowest BCUT2D eigenvalue weighted by atomic mass is 10.1. The van der Waals surface area contributed by atoms with Crippen LogP contribution in [0.2, 0.25) is 0 Å². The molecule has 0 bridgehead atoms.